The fourth-order valence-corrected chi connectivity index (χ4v) is 6.87. The number of nitrogens with zero attached hydrogens (tertiary/aromatic N) is 2. The maximum Gasteiger partial charge on any atom is 0.289 e. The van der Waals surface area contributed by atoms with E-state index in [1.54, 1.807) is 0 Å². The zero-order valence-corrected chi connectivity index (χ0v) is 15.1. The molecule has 0 aliphatic rings. The van der Waals surface area contributed by atoms with Gasteiger partial charge in [0, 0.05) is 24.0 Å². The van der Waals surface area contributed by atoms with Gasteiger partial charge in [-0.05, 0) is 34.6 Å². The molecule has 0 N–H and O–H groups in total. The SMILES string of the molecule is CCn1c(C)c(C)sc1=Pc1sc(C)c(C)[n+]1CC. The van der Waals surface area contributed by atoms with E-state index >= 15 is 0 Å². The van der Waals surface area contributed by atoms with Gasteiger partial charge in [0.05, 0.1) is 13.1 Å². The monoisotopic (exact) mass is 313 g/mol. The number of aryl methyl sites for hydroxylation is 2. The van der Waals surface area contributed by atoms with Crippen LogP contribution in [0.5, 0.6) is 0 Å². The van der Waals surface area contributed by atoms with Crippen molar-refractivity contribution in [2.75, 3.05) is 0 Å². The van der Waals surface area contributed by atoms with Crippen molar-refractivity contribution in [3.05, 3.63) is 25.5 Å². The minimum Gasteiger partial charge on any atom is -0.333 e. The molecule has 2 aromatic rings. The standard InChI is InChI=1S/C14H22N2PS2/c1-7-15-9(3)11(5)18-13(15)17-14-16(8-2)10(4)12(6)19-14/h7-8H2,1-6H3/q+1. The van der Waals surface area contributed by atoms with Crippen molar-refractivity contribution in [3.8, 4) is 0 Å². The first-order valence-corrected chi connectivity index (χ1v) is 9.23. The van der Waals surface area contributed by atoms with Gasteiger partial charge in [-0.15, -0.1) is 11.3 Å². The third-order valence-electron chi connectivity index (χ3n) is 3.60. The molecule has 19 heavy (non-hydrogen) atoms. The highest BCUT2D eigenvalue weighted by Gasteiger charge is 2.18. The minimum absolute atomic E-state index is 1.06. The second-order valence-electron chi connectivity index (χ2n) is 4.65. The second kappa shape index (κ2) is 5.90. The zero-order valence-electron chi connectivity index (χ0n) is 12.6. The summed E-state index contributed by atoms with van der Waals surface area (Å²) < 4.78 is 7.82. The van der Waals surface area contributed by atoms with E-state index in [0.29, 0.717) is 0 Å². The number of hydrogen-bond donors (Lipinski definition) is 0. The molecule has 0 radical (unpaired) electrons. The molecule has 0 aliphatic heterocycles. The third kappa shape index (κ3) is 2.72. The Morgan fingerprint density at radius 1 is 1.05 bits per heavy atom. The van der Waals surface area contributed by atoms with Crippen molar-refractivity contribution in [2.24, 2.45) is 0 Å². The first-order valence-electron chi connectivity index (χ1n) is 6.70. The molecule has 0 fully saturated rings. The molecule has 2 heterocycles. The van der Waals surface area contributed by atoms with Crippen LogP contribution in [0.2, 0.25) is 0 Å². The van der Waals surface area contributed by atoms with Crippen molar-refractivity contribution in [1.82, 2.24) is 4.57 Å². The molecule has 0 spiro atoms. The van der Waals surface area contributed by atoms with Gasteiger partial charge in [-0.2, -0.15) is 4.57 Å². The Hall–Kier alpha value is -0.440. The normalized spacial score (nSPS) is 12.4. The quantitative estimate of drug-likeness (QED) is 0.599. The maximum atomic E-state index is 2.45. The van der Waals surface area contributed by atoms with Crippen molar-refractivity contribution in [3.63, 3.8) is 0 Å². The van der Waals surface area contributed by atoms with Gasteiger partial charge < -0.3 is 4.57 Å². The molecular formula is C14H22N2PS2+. The fraction of sp³-hybridized carbons (Fsp3) is 0.571. The van der Waals surface area contributed by atoms with E-state index in [9.17, 15) is 0 Å². The van der Waals surface area contributed by atoms with Crippen LogP contribution in [-0.2, 0) is 13.1 Å². The molecule has 0 atom stereocenters. The highest BCUT2D eigenvalue weighted by molar-refractivity contribution is 7.52. The van der Waals surface area contributed by atoms with Gasteiger partial charge in [0.1, 0.15) is 10.9 Å². The summed E-state index contributed by atoms with van der Waals surface area (Å²) >= 11 is 3.88. The van der Waals surface area contributed by atoms with E-state index in [-0.39, 0.29) is 0 Å². The van der Waals surface area contributed by atoms with Crippen LogP contribution in [-0.4, -0.2) is 4.57 Å². The number of aromatic nitrogens is 2. The molecule has 0 saturated heterocycles. The Morgan fingerprint density at radius 3 is 2.32 bits per heavy atom. The third-order valence-corrected chi connectivity index (χ3v) is 7.57. The van der Waals surface area contributed by atoms with Gasteiger partial charge in [0.15, 0.2) is 5.69 Å². The van der Waals surface area contributed by atoms with Crippen LogP contribution in [0.15, 0.2) is 0 Å². The summed E-state index contributed by atoms with van der Waals surface area (Å²) in [6, 6.07) is 0. The molecular weight excluding hydrogens is 291 g/mol. The lowest BCUT2D eigenvalue weighted by atomic mass is 10.4. The fourth-order valence-electron chi connectivity index (χ4n) is 2.19. The van der Waals surface area contributed by atoms with E-state index in [2.05, 4.69) is 50.7 Å². The van der Waals surface area contributed by atoms with Crippen LogP contribution in [0, 0.1) is 32.1 Å². The van der Waals surface area contributed by atoms with Crippen molar-refractivity contribution >= 4 is 35.6 Å². The molecule has 0 aliphatic carbocycles. The Balaban J connectivity index is 2.65. The molecule has 0 amide bonds. The summed E-state index contributed by atoms with van der Waals surface area (Å²) in [6.45, 7) is 15.5. The van der Waals surface area contributed by atoms with Gasteiger partial charge in [-0.1, -0.05) is 11.3 Å². The topological polar surface area (TPSA) is 8.81 Å². The predicted octanol–water partition coefficient (Wildman–Crippen LogP) is 3.98. The summed E-state index contributed by atoms with van der Waals surface area (Å²) in [5, 5.41) is 0. The highest BCUT2D eigenvalue weighted by Crippen LogP contribution is 2.23. The van der Waals surface area contributed by atoms with Crippen molar-refractivity contribution < 1.29 is 4.57 Å². The molecule has 0 aromatic carbocycles. The summed E-state index contributed by atoms with van der Waals surface area (Å²) in [6.07, 6.45) is 0. The Labute approximate surface area is 125 Å². The van der Waals surface area contributed by atoms with Crippen LogP contribution >= 0.6 is 30.9 Å². The predicted molar refractivity (Wildman–Crippen MR) is 86.9 cm³/mol. The van der Waals surface area contributed by atoms with Gasteiger partial charge >= 0.3 is 0 Å². The van der Waals surface area contributed by atoms with Gasteiger partial charge in [-0.25, -0.2) is 0 Å². The summed E-state index contributed by atoms with van der Waals surface area (Å²) in [7, 11) is 1.35. The van der Waals surface area contributed by atoms with Gasteiger partial charge in [0.2, 0.25) is 0 Å². The summed E-state index contributed by atoms with van der Waals surface area (Å²) in [4.78, 5) is 2.88. The molecule has 0 saturated carbocycles. The Morgan fingerprint density at radius 2 is 1.74 bits per heavy atom. The molecule has 2 aromatic heterocycles. The van der Waals surface area contributed by atoms with Crippen LogP contribution in [0.1, 0.15) is 35.0 Å². The lowest BCUT2D eigenvalue weighted by molar-refractivity contribution is -0.678. The number of thiazole rings is 2. The van der Waals surface area contributed by atoms with Crippen molar-refractivity contribution in [1.29, 1.82) is 0 Å². The average molecular weight is 313 g/mol. The molecule has 0 bridgehead atoms. The van der Waals surface area contributed by atoms with Crippen molar-refractivity contribution in [2.45, 2.75) is 54.6 Å². The Kier molecular flexibility index (Phi) is 4.65. The first-order chi connectivity index (χ1) is 8.99. The van der Waals surface area contributed by atoms with E-state index in [0.717, 1.165) is 13.1 Å². The molecule has 104 valence electrons. The first kappa shape index (κ1) is 15.0. The van der Waals surface area contributed by atoms with E-state index in [1.807, 2.05) is 22.7 Å². The lowest BCUT2D eigenvalue weighted by Crippen LogP contribution is -2.44. The summed E-state index contributed by atoms with van der Waals surface area (Å²) in [5.74, 6) is 0. The smallest absolute Gasteiger partial charge is 0.289 e. The molecule has 0 unspecified atom stereocenters. The number of hydrogen-bond acceptors (Lipinski definition) is 2. The van der Waals surface area contributed by atoms with Gasteiger partial charge in [0.25, 0.3) is 4.75 Å². The van der Waals surface area contributed by atoms with Crippen LogP contribution in [0.3, 0.4) is 0 Å². The molecule has 5 heteroatoms. The van der Waals surface area contributed by atoms with Crippen LogP contribution < -0.4 is 9.32 Å². The second-order valence-corrected chi connectivity index (χ2v) is 8.74. The minimum atomic E-state index is 1.06. The zero-order chi connectivity index (χ0) is 14.2. The van der Waals surface area contributed by atoms with E-state index in [4.69, 9.17) is 0 Å². The lowest BCUT2D eigenvalue weighted by Gasteiger charge is -2.00. The largest absolute Gasteiger partial charge is 0.333 e. The van der Waals surface area contributed by atoms with E-state index in [1.165, 1.54) is 38.5 Å². The van der Waals surface area contributed by atoms with E-state index < -0.39 is 0 Å². The van der Waals surface area contributed by atoms with Crippen LogP contribution in [0.25, 0.3) is 0 Å². The van der Waals surface area contributed by atoms with Crippen LogP contribution in [0.4, 0.5) is 0 Å². The highest BCUT2D eigenvalue weighted by atomic mass is 32.1. The van der Waals surface area contributed by atoms with Gasteiger partial charge in [-0.3, -0.25) is 0 Å². The summed E-state index contributed by atoms with van der Waals surface area (Å²) in [5.41, 5.74) is 2.84. The maximum absolute atomic E-state index is 2.45. The molecule has 2 rings (SSSR count). The number of rotatable bonds is 3. The Bertz CT molecular complexity index is 662. The molecule has 2 nitrogen and oxygen atoms in total. The average Bonchev–Trinajstić information content (AvgIpc) is 2.79.